The Morgan fingerprint density at radius 2 is 1.62 bits per heavy atom. The van der Waals surface area contributed by atoms with E-state index in [1.165, 1.54) is 10.5 Å². The summed E-state index contributed by atoms with van der Waals surface area (Å²) in [5.41, 5.74) is 3.88. The number of hydrogen-bond donors (Lipinski definition) is 1. The Hall–Kier alpha value is -3.93. The van der Waals surface area contributed by atoms with Crippen molar-refractivity contribution < 1.29 is 14.3 Å². The van der Waals surface area contributed by atoms with Gasteiger partial charge in [-0.2, -0.15) is 0 Å². The van der Waals surface area contributed by atoms with E-state index in [0.29, 0.717) is 22.8 Å². The van der Waals surface area contributed by atoms with Crippen LogP contribution in [0, 0.1) is 0 Å². The fourth-order valence-corrected chi connectivity index (χ4v) is 3.70. The minimum Gasteiger partial charge on any atom is -0.496 e. The number of pyridine rings is 1. The van der Waals surface area contributed by atoms with E-state index in [4.69, 9.17) is 4.74 Å². The molecule has 1 aliphatic heterocycles. The van der Waals surface area contributed by atoms with Gasteiger partial charge in [-0.25, -0.2) is 0 Å². The number of anilines is 1. The maximum atomic E-state index is 13.5. The van der Waals surface area contributed by atoms with Crippen molar-refractivity contribution in [3.8, 4) is 5.75 Å². The Balaban J connectivity index is 1.75. The molecule has 162 valence electrons. The second kappa shape index (κ2) is 9.06. The lowest BCUT2D eigenvalue weighted by Crippen LogP contribution is -2.32. The summed E-state index contributed by atoms with van der Waals surface area (Å²) in [6.07, 6.45) is 3.29. The van der Waals surface area contributed by atoms with E-state index >= 15 is 0 Å². The van der Waals surface area contributed by atoms with Crippen LogP contribution < -0.4 is 10.1 Å². The summed E-state index contributed by atoms with van der Waals surface area (Å²) in [4.78, 5) is 32.1. The molecule has 3 aromatic rings. The van der Waals surface area contributed by atoms with Crippen LogP contribution in [0.2, 0.25) is 0 Å². The average molecular weight is 428 g/mol. The summed E-state index contributed by atoms with van der Waals surface area (Å²) in [5.74, 6) is 0.195. The van der Waals surface area contributed by atoms with Crippen LogP contribution in [0.25, 0.3) is 5.57 Å². The Kier molecular flexibility index (Phi) is 6.03. The molecule has 1 N–H and O–H groups in total. The Bertz CT molecular complexity index is 1170. The maximum absolute atomic E-state index is 13.5. The third-order valence-electron chi connectivity index (χ3n) is 5.48. The molecule has 2 heterocycles. The summed E-state index contributed by atoms with van der Waals surface area (Å²) < 4.78 is 5.48. The third-order valence-corrected chi connectivity index (χ3v) is 5.48. The molecule has 0 radical (unpaired) electrons. The molecule has 4 rings (SSSR count). The number of nitrogens with zero attached hydrogens (tertiary/aromatic N) is 2. The number of carbonyl (C=O) groups is 2. The Morgan fingerprint density at radius 1 is 0.938 bits per heavy atom. The van der Waals surface area contributed by atoms with Gasteiger partial charge >= 0.3 is 0 Å². The molecule has 1 aromatic heterocycles. The number of rotatable bonds is 7. The summed E-state index contributed by atoms with van der Waals surface area (Å²) in [7, 11) is 1.55. The van der Waals surface area contributed by atoms with E-state index in [1.54, 1.807) is 43.8 Å². The van der Waals surface area contributed by atoms with Gasteiger partial charge in [0.1, 0.15) is 11.4 Å². The normalized spacial score (nSPS) is 13.8. The molecule has 0 aliphatic carbocycles. The Morgan fingerprint density at radius 3 is 2.28 bits per heavy atom. The van der Waals surface area contributed by atoms with Crippen molar-refractivity contribution in [3.63, 3.8) is 0 Å². The molecule has 6 heteroatoms. The molecule has 0 spiro atoms. The molecule has 2 amide bonds. The van der Waals surface area contributed by atoms with Gasteiger partial charge in [0, 0.05) is 23.6 Å². The molecular formula is C26H25N3O3. The zero-order valence-corrected chi connectivity index (χ0v) is 18.3. The van der Waals surface area contributed by atoms with Gasteiger partial charge in [0.15, 0.2) is 0 Å². The maximum Gasteiger partial charge on any atom is 0.278 e. The van der Waals surface area contributed by atoms with Crippen LogP contribution >= 0.6 is 0 Å². The second-order valence-electron chi connectivity index (χ2n) is 7.90. The number of hydrogen-bond acceptors (Lipinski definition) is 5. The zero-order chi connectivity index (χ0) is 22.7. The lowest BCUT2D eigenvalue weighted by atomic mass is 10.0. The monoisotopic (exact) mass is 427 g/mol. The quantitative estimate of drug-likeness (QED) is 0.558. The fraction of sp³-hybridized carbons (Fsp3) is 0.192. The van der Waals surface area contributed by atoms with Crippen molar-refractivity contribution >= 4 is 23.1 Å². The standard InChI is InChI=1S/C26H25N3O3/c1-17(2)19-8-10-20(11-9-19)28-24-23(21-6-4-5-7-22(21)32-3)25(30)29(26(24)31)16-18-12-14-27-15-13-18/h4-15,17,28H,16H2,1-3H3. The van der Waals surface area contributed by atoms with E-state index in [1.807, 2.05) is 36.4 Å². The summed E-state index contributed by atoms with van der Waals surface area (Å²) in [6.45, 7) is 4.41. The first-order valence-electron chi connectivity index (χ1n) is 10.5. The van der Waals surface area contributed by atoms with Gasteiger partial charge in [0.2, 0.25) is 0 Å². The molecule has 2 aromatic carbocycles. The van der Waals surface area contributed by atoms with E-state index in [0.717, 1.165) is 11.3 Å². The first-order valence-corrected chi connectivity index (χ1v) is 10.5. The minimum absolute atomic E-state index is 0.163. The third kappa shape index (κ3) is 4.12. The van der Waals surface area contributed by atoms with Crippen LogP contribution in [0.4, 0.5) is 5.69 Å². The molecule has 0 saturated carbocycles. The van der Waals surface area contributed by atoms with Gasteiger partial charge in [-0.1, -0.05) is 44.2 Å². The van der Waals surface area contributed by atoms with Gasteiger partial charge in [-0.15, -0.1) is 0 Å². The van der Waals surface area contributed by atoms with E-state index in [2.05, 4.69) is 24.1 Å². The van der Waals surface area contributed by atoms with E-state index in [9.17, 15) is 9.59 Å². The highest BCUT2D eigenvalue weighted by Crippen LogP contribution is 2.36. The average Bonchev–Trinajstić information content (AvgIpc) is 3.04. The van der Waals surface area contributed by atoms with Gasteiger partial charge < -0.3 is 10.1 Å². The minimum atomic E-state index is -0.374. The van der Waals surface area contributed by atoms with Crippen LogP contribution in [-0.2, 0) is 16.1 Å². The molecule has 0 bridgehead atoms. The molecule has 32 heavy (non-hydrogen) atoms. The number of benzene rings is 2. The number of ether oxygens (including phenoxy) is 1. The molecule has 0 fully saturated rings. The largest absolute Gasteiger partial charge is 0.496 e. The van der Waals surface area contributed by atoms with Crippen molar-refractivity contribution in [3.05, 3.63) is 95.4 Å². The Labute approximate surface area is 187 Å². The number of amides is 2. The topological polar surface area (TPSA) is 71.5 Å². The number of aromatic nitrogens is 1. The predicted octanol–water partition coefficient (Wildman–Crippen LogP) is 4.61. The predicted molar refractivity (Wildman–Crippen MR) is 124 cm³/mol. The van der Waals surface area contributed by atoms with Gasteiger partial charge in [-0.3, -0.25) is 19.5 Å². The highest BCUT2D eigenvalue weighted by molar-refractivity contribution is 6.36. The summed E-state index contributed by atoms with van der Waals surface area (Å²) in [6, 6.07) is 18.7. The lowest BCUT2D eigenvalue weighted by molar-refractivity contribution is -0.137. The van der Waals surface area contributed by atoms with Crippen molar-refractivity contribution in [1.82, 2.24) is 9.88 Å². The van der Waals surface area contributed by atoms with Gasteiger partial charge in [0.25, 0.3) is 11.8 Å². The van der Waals surface area contributed by atoms with Crippen LogP contribution in [-0.4, -0.2) is 28.8 Å². The van der Waals surface area contributed by atoms with Crippen molar-refractivity contribution in [2.45, 2.75) is 26.3 Å². The lowest BCUT2D eigenvalue weighted by Gasteiger charge is -2.15. The van der Waals surface area contributed by atoms with Gasteiger partial charge in [0.05, 0.1) is 19.2 Å². The van der Waals surface area contributed by atoms with E-state index < -0.39 is 0 Å². The van der Waals surface area contributed by atoms with Crippen LogP contribution in [0.1, 0.15) is 36.5 Å². The molecule has 1 aliphatic rings. The van der Waals surface area contributed by atoms with Crippen LogP contribution in [0.3, 0.4) is 0 Å². The SMILES string of the molecule is COc1ccccc1C1=C(Nc2ccc(C(C)C)cc2)C(=O)N(Cc2ccncc2)C1=O. The molecule has 0 saturated heterocycles. The molecular weight excluding hydrogens is 402 g/mol. The number of carbonyl (C=O) groups excluding carboxylic acids is 2. The molecule has 0 unspecified atom stereocenters. The fourth-order valence-electron chi connectivity index (χ4n) is 3.70. The number of methoxy groups -OCH3 is 1. The number of para-hydroxylation sites is 1. The number of nitrogens with one attached hydrogen (secondary N) is 1. The summed E-state index contributed by atoms with van der Waals surface area (Å²) in [5, 5.41) is 3.20. The highest BCUT2D eigenvalue weighted by Gasteiger charge is 2.40. The van der Waals surface area contributed by atoms with Crippen molar-refractivity contribution in [2.24, 2.45) is 0 Å². The zero-order valence-electron chi connectivity index (χ0n) is 18.3. The first-order chi connectivity index (χ1) is 15.5. The summed E-state index contributed by atoms with van der Waals surface area (Å²) >= 11 is 0. The van der Waals surface area contributed by atoms with Crippen LogP contribution in [0.5, 0.6) is 5.75 Å². The van der Waals surface area contributed by atoms with Crippen molar-refractivity contribution in [2.75, 3.05) is 12.4 Å². The molecule has 6 nitrogen and oxygen atoms in total. The van der Waals surface area contributed by atoms with Crippen LogP contribution in [0.15, 0.2) is 78.8 Å². The smallest absolute Gasteiger partial charge is 0.278 e. The first kappa shape index (κ1) is 21.3. The second-order valence-corrected chi connectivity index (χ2v) is 7.90. The number of imide groups is 1. The van der Waals surface area contributed by atoms with E-state index in [-0.39, 0.29) is 24.1 Å². The molecule has 0 atom stereocenters. The van der Waals surface area contributed by atoms with Crippen molar-refractivity contribution in [1.29, 1.82) is 0 Å². The highest BCUT2D eigenvalue weighted by atomic mass is 16.5. The van der Waals surface area contributed by atoms with Gasteiger partial charge in [-0.05, 0) is 47.4 Å².